The molecule has 0 saturated carbocycles. The molecule has 31 heavy (non-hydrogen) atoms. The minimum absolute atomic E-state index is 0.164. The van der Waals surface area contributed by atoms with Crippen molar-refractivity contribution >= 4 is 38.4 Å². The molecule has 4 nitrogen and oxygen atoms in total. The summed E-state index contributed by atoms with van der Waals surface area (Å²) in [5, 5.41) is 0.948. The second-order valence-electron chi connectivity index (χ2n) is 7.88. The number of anilines is 1. The predicted molar refractivity (Wildman–Crippen MR) is 130 cm³/mol. The number of amides is 1. The lowest BCUT2D eigenvalue weighted by atomic mass is 10.1. The Morgan fingerprint density at radius 2 is 1.65 bits per heavy atom. The minimum atomic E-state index is -0.189. The Labute approximate surface area is 189 Å². The van der Waals surface area contributed by atoms with Crippen LogP contribution >= 0.6 is 15.9 Å². The van der Waals surface area contributed by atoms with E-state index in [4.69, 9.17) is 0 Å². The van der Waals surface area contributed by atoms with Gasteiger partial charge in [-0.2, -0.15) is 0 Å². The number of aromatic amines is 1. The Kier molecular flexibility index (Phi) is 5.79. The first-order valence-electron chi connectivity index (χ1n) is 10.1. The molecule has 0 aliphatic heterocycles. The van der Waals surface area contributed by atoms with E-state index < -0.39 is 0 Å². The van der Waals surface area contributed by atoms with E-state index in [9.17, 15) is 9.59 Å². The summed E-state index contributed by atoms with van der Waals surface area (Å²) in [6.45, 7) is 6.19. The molecular formula is C26H23BrN2O2. The molecule has 0 aliphatic rings. The van der Waals surface area contributed by atoms with Gasteiger partial charge in [0.15, 0.2) is 0 Å². The molecule has 1 aromatic heterocycles. The number of benzene rings is 3. The first-order chi connectivity index (χ1) is 14.8. The number of aromatic nitrogens is 1. The molecule has 0 radical (unpaired) electrons. The van der Waals surface area contributed by atoms with Crippen molar-refractivity contribution in [1.29, 1.82) is 0 Å². The molecule has 1 N–H and O–H groups in total. The summed E-state index contributed by atoms with van der Waals surface area (Å²) in [5.74, 6) is -0.164. The van der Waals surface area contributed by atoms with Crippen LogP contribution in [0.5, 0.6) is 0 Å². The number of H-pyrrole nitrogens is 1. The summed E-state index contributed by atoms with van der Waals surface area (Å²) in [7, 11) is 0. The second-order valence-corrected chi connectivity index (χ2v) is 8.73. The van der Waals surface area contributed by atoms with Crippen molar-refractivity contribution in [1.82, 2.24) is 4.98 Å². The quantitative estimate of drug-likeness (QED) is 0.390. The molecule has 4 rings (SSSR count). The van der Waals surface area contributed by atoms with Crippen molar-refractivity contribution in [3.05, 3.63) is 109 Å². The van der Waals surface area contributed by atoms with Crippen molar-refractivity contribution in [2.75, 3.05) is 4.90 Å². The molecule has 0 spiro atoms. The summed E-state index contributed by atoms with van der Waals surface area (Å²) in [6, 6.07) is 21.1. The van der Waals surface area contributed by atoms with E-state index in [0.29, 0.717) is 11.1 Å². The number of aryl methyl sites for hydroxylation is 3. The van der Waals surface area contributed by atoms with Crippen LogP contribution in [0.15, 0.2) is 76.0 Å². The van der Waals surface area contributed by atoms with Gasteiger partial charge < -0.3 is 9.88 Å². The lowest BCUT2D eigenvalue weighted by Gasteiger charge is -2.25. The number of carbonyl (C=O) groups is 1. The van der Waals surface area contributed by atoms with Crippen LogP contribution in [0.3, 0.4) is 0 Å². The van der Waals surface area contributed by atoms with Gasteiger partial charge >= 0.3 is 0 Å². The predicted octanol–water partition coefficient (Wildman–Crippen LogP) is 6.06. The van der Waals surface area contributed by atoms with Crippen LogP contribution in [-0.4, -0.2) is 10.9 Å². The Balaban J connectivity index is 1.84. The number of rotatable bonds is 4. The van der Waals surface area contributed by atoms with Gasteiger partial charge in [-0.1, -0.05) is 41.5 Å². The third kappa shape index (κ3) is 4.32. The number of carbonyl (C=O) groups excluding carboxylic acids is 1. The van der Waals surface area contributed by atoms with Crippen molar-refractivity contribution in [3.63, 3.8) is 0 Å². The highest BCUT2D eigenvalue weighted by molar-refractivity contribution is 9.10. The van der Waals surface area contributed by atoms with Crippen molar-refractivity contribution in [2.45, 2.75) is 27.3 Å². The summed E-state index contributed by atoms with van der Waals surface area (Å²) >= 11 is 3.49. The second kappa shape index (κ2) is 8.52. The average molecular weight is 475 g/mol. The first-order valence-corrected chi connectivity index (χ1v) is 10.9. The highest BCUT2D eigenvalue weighted by atomic mass is 79.9. The van der Waals surface area contributed by atoms with Crippen LogP contribution in [0, 0.1) is 20.8 Å². The van der Waals surface area contributed by atoms with E-state index in [0.717, 1.165) is 37.8 Å². The van der Waals surface area contributed by atoms with Crippen LogP contribution in [0.4, 0.5) is 5.69 Å². The molecule has 0 unspecified atom stereocenters. The van der Waals surface area contributed by atoms with Gasteiger partial charge in [-0.3, -0.25) is 9.59 Å². The summed E-state index contributed by atoms with van der Waals surface area (Å²) in [4.78, 5) is 31.1. The fraction of sp³-hybridized carbons (Fsp3) is 0.154. The molecule has 0 aliphatic carbocycles. The number of nitrogens with one attached hydrogen (secondary N) is 1. The van der Waals surface area contributed by atoms with Crippen molar-refractivity contribution in [3.8, 4) is 0 Å². The van der Waals surface area contributed by atoms with E-state index in [1.165, 1.54) is 0 Å². The summed E-state index contributed by atoms with van der Waals surface area (Å²) < 4.78 is 0.720. The van der Waals surface area contributed by atoms with Crippen molar-refractivity contribution < 1.29 is 4.79 Å². The van der Waals surface area contributed by atoms with Gasteiger partial charge in [-0.25, -0.2) is 0 Å². The standard InChI is InChI=1S/C26H23BrN2O2/c1-16-9-11-24(18(3)12-16)29(26(31)21-6-4-5-7-22(21)27)15-20-14-19-13-17(2)8-10-23(19)28-25(20)30/h4-14H,15H2,1-3H3,(H,28,30). The van der Waals surface area contributed by atoms with Gasteiger partial charge in [0.1, 0.15) is 0 Å². The summed E-state index contributed by atoms with van der Waals surface area (Å²) in [5.41, 5.74) is 5.69. The first kappa shape index (κ1) is 21.1. The smallest absolute Gasteiger partial charge is 0.259 e. The van der Waals surface area contributed by atoms with Crippen LogP contribution in [0.25, 0.3) is 10.9 Å². The van der Waals surface area contributed by atoms with Gasteiger partial charge in [-0.15, -0.1) is 0 Å². The highest BCUT2D eigenvalue weighted by Gasteiger charge is 2.23. The lowest BCUT2D eigenvalue weighted by molar-refractivity contribution is 0.0984. The third-order valence-corrected chi connectivity index (χ3v) is 6.09. The van der Waals surface area contributed by atoms with Crippen LogP contribution in [0.1, 0.15) is 32.6 Å². The summed E-state index contributed by atoms with van der Waals surface area (Å²) in [6.07, 6.45) is 0. The zero-order valence-corrected chi connectivity index (χ0v) is 19.3. The molecule has 0 saturated heterocycles. The van der Waals surface area contributed by atoms with Gasteiger partial charge in [0.2, 0.25) is 0 Å². The maximum atomic E-state index is 13.6. The van der Waals surface area contributed by atoms with E-state index in [2.05, 4.69) is 20.9 Å². The fourth-order valence-electron chi connectivity index (χ4n) is 3.81. The van der Waals surface area contributed by atoms with Gasteiger partial charge in [0, 0.05) is 21.2 Å². The average Bonchev–Trinajstić information content (AvgIpc) is 2.73. The van der Waals surface area contributed by atoms with E-state index in [-0.39, 0.29) is 18.0 Å². The number of pyridine rings is 1. The number of nitrogens with zero attached hydrogens (tertiary/aromatic N) is 1. The van der Waals surface area contributed by atoms with E-state index >= 15 is 0 Å². The van der Waals surface area contributed by atoms with Crippen LogP contribution < -0.4 is 10.5 Å². The maximum Gasteiger partial charge on any atom is 0.259 e. The third-order valence-electron chi connectivity index (χ3n) is 5.40. The highest BCUT2D eigenvalue weighted by Crippen LogP contribution is 2.27. The normalized spacial score (nSPS) is 11.0. The molecular weight excluding hydrogens is 452 g/mol. The monoisotopic (exact) mass is 474 g/mol. The van der Waals surface area contributed by atoms with Crippen molar-refractivity contribution in [2.24, 2.45) is 0 Å². The minimum Gasteiger partial charge on any atom is -0.322 e. The zero-order chi connectivity index (χ0) is 22.1. The number of hydrogen-bond donors (Lipinski definition) is 1. The number of hydrogen-bond acceptors (Lipinski definition) is 2. The van der Waals surface area contributed by atoms with E-state index in [1.807, 2.05) is 81.4 Å². The molecule has 0 atom stereocenters. The molecule has 0 bridgehead atoms. The van der Waals surface area contributed by atoms with Crippen LogP contribution in [0.2, 0.25) is 0 Å². The molecule has 1 amide bonds. The number of fused-ring (bicyclic) bond motifs is 1. The molecule has 4 aromatic rings. The lowest BCUT2D eigenvalue weighted by Crippen LogP contribution is -2.33. The SMILES string of the molecule is Cc1ccc(N(Cc2cc3cc(C)ccc3[nH]c2=O)C(=O)c2ccccc2Br)c(C)c1. The van der Waals surface area contributed by atoms with Gasteiger partial charge in [-0.05, 0) is 84.0 Å². The van der Waals surface area contributed by atoms with Gasteiger partial charge in [0.25, 0.3) is 11.5 Å². The van der Waals surface area contributed by atoms with E-state index in [1.54, 1.807) is 11.0 Å². The number of halogens is 1. The molecule has 1 heterocycles. The molecule has 5 heteroatoms. The molecule has 156 valence electrons. The maximum absolute atomic E-state index is 13.6. The van der Waals surface area contributed by atoms with Gasteiger partial charge in [0.05, 0.1) is 12.1 Å². The fourth-order valence-corrected chi connectivity index (χ4v) is 4.27. The molecule has 3 aromatic carbocycles. The largest absolute Gasteiger partial charge is 0.322 e. The Hall–Kier alpha value is -3.18. The zero-order valence-electron chi connectivity index (χ0n) is 17.7. The Morgan fingerprint density at radius 3 is 2.39 bits per heavy atom. The Morgan fingerprint density at radius 1 is 0.935 bits per heavy atom. The topological polar surface area (TPSA) is 53.2 Å². The molecule has 0 fully saturated rings. The van der Waals surface area contributed by atoms with Crippen LogP contribution in [-0.2, 0) is 6.54 Å². The Bertz CT molecular complexity index is 1360.